The molecule has 1 N–H and O–H groups in total. The number of rotatable bonds is 1. The zero-order valence-corrected chi connectivity index (χ0v) is 10.8. The van der Waals surface area contributed by atoms with Crippen molar-refractivity contribution in [2.24, 2.45) is 0 Å². The number of aromatic amines is 1. The third kappa shape index (κ3) is 2.75. The fraction of sp³-hybridized carbons (Fsp3) is 0. The lowest BCUT2D eigenvalue weighted by Gasteiger charge is -1.98. The lowest BCUT2D eigenvalue weighted by atomic mass is 10.3. The van der Waals surface area contributed by atoms with Crippen LogP contribution in [0.25, 0.3) is 16.7 Å². The van der Waals surface area contributed by atoms with Crippen LogP contribution in [0, 0.1) is 0 Å². The normalized spacial score (nSPS) is 10.0. The third-order valence-electron chi connectivity index (χ3n) is 2.89. The van der Waals surface area contributed by atoms with Gasteiger partial charge in [0, 0.05) is 18.1 Å². The molecule has 0 fully saturated rings. The number of hydrogen-bond acceptors (Lipinski definition) is 2. The summed E-state index contributed by atoms with van der Waals surface area (Å²) in [4.78, 5) is 11.0. The Labute approximate surface area is 116 Å². The highest BCUT2D eigenvalue weighted by Gasteiger charge is 1.90. The zero-order chi connectivity index (χ0) is 13.6. The molecule has 2 heterocycles. The van der Waals surface area contributed by atoms with Crippen molar-refractivity contribution in [2.75, 3.05) is 0 Å². The summed E-state index contributed by atoms with van der Waals surface area (Å²) in [5.41, 5.74) is 3.26. The van der Waals surface area contributed by atoms with Gasteiger partial charge in [-0.3, -0.25) is 0 Å². The number of nitrogens with zero attached hydrogens (tertiary/aromatic N) is 3. The van der Waals surface area contributed by atoms with Crippen molar-refractivity contribution in [1.82, 2.24) is 19.5 Å². The predicted octanol–water partition coefficient (Wildman–Crippen LogP) is 3.44. The van der Waals surface area contributed by atoms with Gasteiger partial charge in [-0.15, -0.1) is 0 Å². The van der Waals surface area contributed by atoms with E-state index in [-0.39, 0.29) is 0 Å². The summed E-state index contributed by atoms with van der Waals surface area (Å²) in [6.45, 7) is 0. The average Bonchev–Trinajstić information content (AvgIpc) is 3.20. The molecule has 0 aliphatic heterocycles. The van der Waals surface area contributed by atoms with E-state index in [0.717, 1.165) is 16.7 Å². The fourth-order valence-electron chi connectivity index (χ4n) is 1.89. The summed E-state index contributed by atoms with van der Waals surface area (Å²) < 4.78 is 1.97. The number of hydrogen-bond donors (Lipinski definition) is 1. The van der Waals surface area contributed by atoms with E-state index in [9.17, 15) is 0 Å². The van der Waals surface area contributed by atoms with Crippen molar-refractivity contribution in [3.8, 4) is 5.69 Å². The van der Waals surface area contributed by atoms with Crippen molar-refractivity contribution < 1.29 is 0 Å². The second-order valence-electron chi connectivity index (χ2n) is 4.23. The highest BCUT2D eigenvalue weighted by molar-refractivity contribution is 5.73. The Bertz CT molecular complexity index is 727. The van der Waals surface area contributed by atoms with E-state index in [1.54, 1.807) is 18.9 Å². The van der Waals surface area contributed by atoms with Crippen LogP contribution in [0.5, 0.6) is 0 Å². The molecule has 0 radical (unpaired) electrons. The molecule has 20 heavy (non-hydrogen) atoms. The van der Waals surface area contributed by atoms with Gasteiger partial charge in [0.25, 0.3) is 0 Å². The maximum Gasteiger partial charge on any atom is 0.0991 e. The summed E-state index contributed by atoms with van der Waals surface area (Å²) >= 11 is 0. The molecule has 0 spiro atoms. The highest BCUT2D eigenvalue weighted by Crippen LogP contribution is 2.05. The van der Waals surface area contributed by atoms with Gasteiger partial charge in [0.05, 0.1) is 23.7 Å². The molecule has 0 bridgehead atoms. The Kier molecular flexibility index (Phi) is 3.55. The molecule has 4 nitrogen and oxygen atoms in total. The maximum absolute atomic E-state index is 4.06. The Morgan fingerprint density at radius 1 is 0.900 bits per heavy atom. The zero-order valence-electron chi connectivity index (χ0n) is 10.8. The van der Waals surface area contributed by atoms with E-state index in [1.165, 1.54) is 0 Å². The number of imidazole rings is 2. The molecule has 2 aromatic heterocycles. The first-order valence-corrected chi connectivity index (χ1v) is 6.35. The predicted molar refractivity (Wildman–Crippen MR) is 79.7 cm³/mol. The Hall–Kier alpha value is -2.88. The standard InChI is InChI=1S/C9H8N2.C7H6N2/c1-2-4-9(5-3-1)11-7-6-10-8-11;1-2-4-7-6(3-1)8-5-9-7/h1-8H;1-5H,(H,8,9). The van der Waals surface area contributed by atoms with Crippen molar-refractivity contribution in [3.63, 3.8) is 0 Å². The summed E-state index contributed by atoms with van der Waals surface area (Å²) in [7, 11) is 0. The van der Waals surface area contributed by atoms with Gasteiger partial charge in [-0.2, -0.15) is 0 Å². The summed E-state index contributed by atoms with van der Waals surface area (Å²) in [5.74, 6) is 0. The largest absolute Gasteiger partial charge is 0.345 e. The Morgan fingerprint density at radius 3 is 2.45 bits per heavy atom. The van der Waals surface area contributed by atoms with Gasteiger partial charge in [-0.05, 0) is 24.3 Å². The topological polar surface area (TPSA) is 46.5 Å². The molecule has 0 saturated heterocycles. The van der Waals surface area contributed by atoms with E-state index >= 15 is 0 Å². The Morgan fingerprint density at radius 2 is 1.70 bits per heavy atom. The van der Waals surface area contributed by atoms with Gasteiger partial charge in [0.2, 0.25) is 0 Å². The van der Waals surface area contributed by atoms with E-state index in [1.807, 2.05) is 65.4 Å². The van der Waals surface area contributed by atoms with Crippen LogP contribution in [0.4, 0.5) is 0 Å². The van der Waals surface area contributed by atoms with Crippen LogP contribution >= 0.6 is 0 Å². The van der Waals surface area contributed by atoms with Crippen LogP contribution in [-0.4, -0.2) is 19.5 Å². The van der Waals surface area contributed by atoms with Crippen LogP contribution in [0.2, 0.25) is 0 Å². The first-order valence-electron chi connectivity index (χ1n) is 6.35. The SMILES string of the molecule is c1ccc(-n2ccnc2)cc1.c1ccc2[nH]cnc2c1. The third-order valence-corrected chi connectivity index (χ3v) is 2.89. The molecule has 2 aromatic carbocycles. The molecule has 0 saturated carbocycles. The first-order chi connectivity index (χ1) is 9.93. The van der Waals surface area contributed by atoms with Gasteiger partial charge in [0.15, 0.2) is 0 Å². The second-order valence-corrected chi connectivity index (χ2v) is 4.23. The van der Waals surface area contributed by atoms with Crippen molar-refractivity contribution in [3.05, 3.63) is 79.6 Å². The second kappa shape index (κ2) is 5.84. The molecule has 0 atom stereocenters. The lowest BCUT2D eigenvalue weighted by molar-refractivity contribution is 1.06. The van der Waals surface area contributed by atoms with E-state index < -0.39 is 0 Å². The molecule has 0 aliphatic carbocycles. The van der Waals surface area contributed by atoms with Gasteiger partial charge in [-0.1, -0.05) is 30.3 Å². The summed E-state index contributed by atoms with van der Waals surface area (Å²) in [6.07, 6.45) is 7.18. The average molecular weight is 262 g/mol. The molecular formula is C16H14N4. The maximum atomic E-state index is 4.06. The molecule has 98 valence electrons. The first kappa shape index (κ1) is 12.2. The minimum absolute atomic E-state index is 1.03. The Balaban J connectivity index is 0.000000123. The van der Waals surface area contributed by atoms with Crippen LogP contribution in [0.3, 0.4) is 0 Å². The summed E-state index contributed by atoms with van der Waals surface area (Å²) in [6, 6.07) is 18.0. The number of para-hydroxylation sites is 3. The van der Waals surface area contributed by atoms with E-state index in [4.69, 9.17) is 0 Å². The van der Waals surface area contributed by atoms with Crippen molar-refractivity contribution >= 4 is 11.0 Å². The minimum Gasteiger partial charge on any atom is -0.345 e. The van der Waals surface area contributed by atoms with Crippen LogP contribution in [0.15, 0.2) is 79.6 Å². The number of aromatic nitrogens is 4. The molecule has 4 rings (SSSR count). The molecule has 0 amide bonds. The van der Waals surface area contributed by atoms with Crippen molar-refractivity contribution in [2.45, 2.75) is 0 Å². The van der Waals surface area contributed by atoms with E-state index in [2.05, 4.69) is 15.0 Å². The molecule has 0 unspecified atom stereocenters. The van der Waals surface area contributed by atoms with Gasteiger partial charge >= 0.3 is 0 Å². The highest BCUT2D eigenvalue weighted by atomic mass is 15.0. The van der Waals surface area contributed by atoms with Crippen LogP contribution in [-0.2, 0) is 0 Å². The monoisotopic (exact) mass is 262 g/mol. The smallest absolute Gasteiger partial charge is 0.0991 e. The number of H-pyrrole nitrogens is 1. The van der Waals surface area contributed by atoms with E-state index in [0.29, 0.717) is 0 Å². The van der Waals surface area contributed by atoms with Crippen LogP contribution < -0.4 is 0 Å². The van der Waals surface area contributed by atoms with Gasteiger partial charge in [0.1, 0.15) is 0 Å². The number of benzene rings is 2. The van der Waals surface area contributed by atoms with Gasteiger partial charge in [-0.25, -0.2) is 9.97 Å². The molecular weight excluding hydrogens is 248 g/mol. The molecule has 4 heteroatoms. The quantitative estimate of drug-likeness (QED) is 0.571. The minimum atomic E-state index is 1.03. The summed E-state index contributed by atoms with van der Waals surface area (Å²) in [5, 5.41) is 0. The van der Waals surface area contributed by atoms with Gasteiger partial charge < -0.3 is 9.55 Å². The molecule has 4 aromatic rings. The van der Waals surface area contributed by atoms with Crippen LogP contribution in [0.1, 0.15) is 0 Å². The number of fused-ring (bicyclic) bond motifs is 1. The molecule has 0 aliphatic rings. The fourth-order valence-corrected chi connectivity index (χ4v) is 1.89. The lowest BCUT2D eigenvalue weighted by Crippen LogP contribution is -1.87. The number of nitrogens with one attached hydrogen (secondary N) is 1. The van der Waals surface area contributed by atoms with Crippen molar-refractivity contribution in [1.29, 1.82) is 0 Å².